The molecule has 1 saturated carbocycles. The first-order valence-electron chi connectivity index (χ1n) is 9.38. The molecular formula is C20H31ClN2O2. The summed E-state index contributed by atoms with van der Waals surface area (Å²) in [6, 6.07) is 8.02. The third kappa shape index (κ3) is 6.96. The van der Waals surface area contributed by atoms with Crippen LogP contribution in [-0.4, -0.2) is 25.6 Å². The van der Waals surface area contributed by atoms with Gasteiger partial charge in [0.15, 0.2) is 0 Å². The van der Waals surface area contributed by atoms with E-state index in [-0.39, 0.29) is 18.3 Å². The summed E-state index contributed by atoms with van der Waals surface area (Å²) >= 11 is 0. The maximum atomic E-state index is 12.3. The van der Waals surface area contributed by atoms with Gasteiger partial charge in [0.05, 0.1) is 6.61 Å². The zero-order valence-corrected chi connectivity index (χ0v) is 15.9. The summed E-state index contributed by atoms with van der Waals surface area (Å²) in [6.07, 6.45) is 5.67. The van der Waals surface area contributed by atoms with Crippen molar-refractivity contribution in [1.82, 2.24) is 5.32 Å². The highest BCUT2D eigenvalue weighted by Crippen LogP contribution is 2.29. The summed E-state index contributed by atoms with van der Waals surface area (Å²) in [5.41, 5.74) is 2.00. The fourth-order valence-electron chi connectivity index (χ4n) is 3.40. The van der Waals surface area contributed by atoms with E-state index in [9.17, 15) is 4.79 Å². The molecule has 25 heavy (non-hydrogen) atoms. The van der Waals surface area contributed by atoms with Crippen molar-refractivity contribution >= 4 is 24.0 Å². The average Bonchev–Trinajstić information content (AvgIpc) is 3.40. The number of carbonyl (C=O) groups excluding carboxylic acids is 1. The lowest BCUT2D eigenvalue weighted by Gasteiger charge is -2.28. The normalized spacial score (nSPS) is 21.2. The van der Waals surface area contributed by atoms with Gasteiger partial charge in [-0.25, -0.2) is 0 Å². The van der Waals surface area contributed by atoms with E-state index in [1.54, 1.807) is 0 Å². The second kappa shape index (κ2) is 10.1. The van der Waals surface area contributed by atoms with Crippen LogP contribution in [0.15, 0.2) is 24.3 Å². The lowest BCUT2D eigenvalue weighted by molar-refractivity contribution is -0.117. The Balaban J connectivity index is 0.00000225. The molecule has 140 valence electrons. The van der Waals surface area contributed by atoms with Crippen molar-refractivity contribution in [1.29, 1.82) is 0 Å². The van der Waals surface area contributed by atoms with E-state index in [4.69, 9.17) is 4.74 Å². The molecule has 5 heteroatoms. The molecule has 1 amide bonds. The summed E-state index contributed by atoms with van der Waals surface area (Å²) in [6.45, 7) is 5.85. The number of halogens is 1. The predicted octanol–water partition coefficient (Wildman–Crippen LogP) is 4.00. The smallest absolute Gasteiger partial charge is 0.224 e. The van der Waals surface area contributed by atoms with Gasteiger partial charge in [-0.3, -0.25) is 4.79 Å². The Kier molecular flexibility index (Phi) is 8.20. The first kappa shape index (κ1) is 20.2. The molecule has 1 aromatic carbocycles. The molecular weight excluding hydrogens is 336 g/mol. The topological polar surface area (TPSA) is 50.4 Å². The molecule has 3 rings (SSSR count). The Morgan fingerprint density at radius 2 is 2.20 bits per heavy atom. The Bertz CT molecular complexity index is 542. The van der Waals surface area contributed by atoms with Crippen molar-refractivity contribution in [3.63, 3.8) is 0 Å². The van der Waals surface area contributed by atoms with E-state index >= 15 is 0 Å². The molecule has 1 saturated heterocycles. The van der Waals surface area contributed by atoms with Crippen LogP contribution in [0.4, 0.5) is 5.69 Å². The van der Waals surface area contributed by atoms with Gasteiger partial charge in [0.2, 0.25) is 5.91 Å². The highest BCUT2D eigenvalue weighted by atomic mass is 35.5. The van der Waals surface area contributed by atoms with Crippen LogP contribution in [-0.2, 0) is 16.1 Å². The van der Waals surface area contributed by atoms with Crippen molar-refractivity contribution in [2.45, 2.75) is 45.6 Å². The zero-order valence-electron chi connectivity index (χ0n) is 15.1. The van der Waals surface area contributed by atoms with Gasteiger partial charge < -0.3 is 15.4 Å². The first-order chi connectivity index (χ1) is 11.7. The van der Waals surface area contributed by atoms with Crippen LogP contribution < -0.4 is 10.6 Å². The number of rotatable bonds is 8. The number of hydrogen-bond donors (Lipinski definition) is 2. The Labute approximate surface area is 157 Å². The van der Waals surface area contributed by atoms with E-state index in [1.807, 2.05) is 18.2 Å². The van der Waals surface area contributed by atoms with Crippen LogP contribution in [0, 0.1) is 17.8 Å². The lowest BCUT2D eigenvalue weighted by Crippen LogP contribution is -2.34. The molecule has 0 spiro atoms. The molecule has 2 N–H and O–H groups in total. The number of ether oxygens (including phenoxy) is 1. The third-order valence-electron chi connectivity index (χ3n) is 5.18. The molecule has 0 bridgehead atoms. The van der Waals surface area contributed by atoms with Crippen molar-refractivity contribution in [2.24, 2.45) is 17.8 Å². The molecule has 1 aromatic rings. The quantitative estimate of drug-likeness (QED) is 0.731. The van der Waals surface area contributed by atoms with Crippen molar-refractivity contribution in [2.75, 3.05) is 25.0 Å². The van der Waals surface area contributed by atoms with Gasteiger partial charge in [0.25, 0.3) is 0 Å². The SMILES string of the molecule is CC(CC(=O)Nc1cccc(COCC2CC2)c1)C1CCCNC1.Cl. The Morgan fingerprint density at radius 1 is 1.36 bits per heavy atom. The largest absolute Gasteiger partial charge is 0.376 e. The number of hydrogen-bond acceptors (Lipinski definition) is 3. The molecule has 1 aliphatic heterocycles. The van der Waals surface area contributed by atoms with E-state index in [0.717, 1.165) is 36.9 Å². The van der Waals surface area contributed by atoms with Gasteiger partial charge >= 0.3 is 0 Å². The second-order valence-electron chi connectivity index (χ2n) is 7.49. The predicted molar refractivity (Wildman–Crippen MR) is 104 cm³/mol. The zero-order chi connectivity index (χ0) is 16.8. The highest BCUT2D eigenvalue weighted by Gasteiger charge is 2.22. The molecule has 2 atom stereocenters. The number of benzene rings is 1. The summed E-state index contributed by atoms with van der Waals surface area (Å²) in [5.74, 6) is 1.93. The maximum Gasteiger partial charge on any atom is 0.224 e. The highest BCUT2D eigenvalue weighted by molar-refractivity contribution is 5.90. The number of amides is 1. The van der Waals surface area contributed by atoms with Gasteiger partial charge in [0.1, 0.15) is 0 Å². The van der Waals surface area contributed by atoms with Crippen LogP contribution >= 0.6 is 12.4 Å². The van der Waals surface area contributed by atoms with Crippen molar-refractivity contribution < 1.29 is 9.53 Å². The summed E-state index contributed by atoms with van der Waals surface area (Å²) in [7, 11) is 0. The van der Waals surface area contributed by atoms with E-state index in [1.165, 1.54) is 25.7 Å². The van der Waals surface area contributed by atoms with E-state index < -0.39 is 0 Å². The minimum absolute atomic E-state index is 0. The second-order valence-corrected chi connectivity index (χ2v) is 7.49. The number of carbonyl (C=O) groups is 1. The van der Waals surface area contributed by atoms with Crippen molar-refractivity contribution in [3.05, 3.63) is 29.8 Å². The van der Waals surface area contributed by atoms with Gasteiger partial charge in [-0.2, -0.15) is 0 Å². The monoisotopic (exact) mass is 366 g/mol. The summed E-state index contributed by atoms with van der Waals surface area (Å²) in [5, 5.41) is 6.48. The summed E-state index contributed by atoms with van der Waals surface area (Å²) in [4.78, 5) is 12.3. The van der Waals surface area contributed by atoms with Crippen LogP contribution in [0.1, 0.15) is 44.6 Å². The Morgan fingerprint density at radius 3 is 2.92 bits per heavy atom. The third-order valence-corrected chi connectivity index (χ3v) is 5.18. The van der Waals surface area contributed by atoms with Gasteiger partial charge in [-0.05, 0) is 74.2 Å². The minimum Gasteiger partial charge on any atom is -0.376 e. The average molecular weight is 367 g/mol. The molecule has 0 aromatic heterocycles. The standard InChI is InChI=1S/C20H30N2O2.ClH/c1-15(18-5-3-9-21-12-18)10-20(23)22-19-6-2-4-17(11-19)14-24-13-16-7-8-16;/h2,4,6,11,15-16,18,21H,3,5,7-10,12-14H2,1H3,(H,22,23);1H. The fraction of sp³-hybridized carbons (Fsp3) is 0.650. The maximum absolute atomic E-state index is 12.3. The molecule has 2 aliphatic rings. The van der Waals surface area contributed by atoms with E-state index in [0.29, 0.717) is 24.9 Å². The number of anilines is 1. The van der Waals surface area contributed by atoms with Crippen LogP contribution in [0.5, 0.6) is 0 Å². The number of nitrogens with one attached hydrogen (secondary N) is 2. The molecule has 1 heterocycles. The molecule has 2 unspecified atom stereocenters. The fourth-order valence-corrected chi connectivity index (χ4v) is 3.40. The van der Waals surface area contributed by atoms with Gasteiger partial charge in [-0.15, -0.1) is 12.4 Å². The van der Waals surface area contributed by atoms with E-state index in [2.05, 4.69) is 23.6 Å². The van der Waals surface area contributed by atoms with Crippen LogP contribution in [0.3, 0.4) is 0 Å². The molecule has 2 fully saturated rings. The Hall–Kier alpha value is -1.10. The van der Waals surface area contributed by atoms with Crippen molar-refractivity contribution in [3.8, 4) is 0 Å². The first-order valence-corrected chi connectivity index (χ1v) is 9.38. The summed E-state index contributed by atoms with van der Waals surface area (Å²) < 4.78 is 5.73. The molecule has 1 aliphatic carbocycles. The molecule has 4 nitrogen and oxygen atoms in total. The van der Waals surface area contributed by atoms with Crippen LogP contribution in [0.25, 0.3) is 0 Å². The minimum atomic E-state index is 0. The van der Waals surface area contributed by atoms with Gasteiger partial charge in [0, 0.05) is 18.7 Å². The molecule has 0 radical (unpaired) electrons. The number of piperidine rings is 1. The lowest BCUT2D eigenvalue weighted by atomic mass is 9.85. The van der Waals surface area contributed by atoms with Crippen LogP contribution in [0.2, 0.25) is 0 Å². The van der Waals surface area contributed by atoms with Gasteiger partial charge in [-0.1, -0.05) is 19.1 Å².